The smallest absolute Gasteiger partial charge is 0.229 e. The highest BCUT2D eigenvalue weighted by atomic mass is 32.2. The highest BCUT2D eigenvalue weighted by Crippen LogP contribution is 2.05. The number of aromatic nitrogens is 1. The van der Waals surface area contributed by atoms with Crippen LogP contribution in [0.2, 0.25) is 0 Å². The Morgan fingerprint density at radius 2 is 2.21 bits per heavy atom. The van der Waals surface area contributed by atoms with Crippen LogP contribution in [-0.2, 0) is 11.2 Å². The molecule has 0 saturated carbocycles. The Hall–Kier alpha value is -1.03. The van der Waals surface area contributed by atoms with Gasteiger partial charge in [-0.3, -0.25) is 9.78 Å². The Kier molecular flexibility index (Phi) is 5.07. The van der Waals surface area contributed by atoms with Crippen LogP contribution in [0.4, 0.5) is 0 Å². The number of carbonyl (C=O) groups excluding carboxylic acids is 1. The largest absolute Gasteiger partial charge is 0.358 e. The van der Waals surface area contributed by atoms with E-state index in [0.717, 1.165) is 12.2 Å². The van der Waals surface area contributed by atoms with Crippen LogP contribution in [0.25, 0.3) is 0 Å². The number of nitrogens with one attached hydrogen (secondary N) is 1. The standard InChI is InChI=1S/C10H14N2OS/c1-11-10(13)8-14-7-4-9-2-5-12-6-3-9/h2-3,5-6H,4,7-8H2,1H3,(H,11,13). The molecule has 0 saturated heterocycles. The monoisotopic (exact) mass is 210 g/mol. The summed E-state index contributed by atoms with van der Waals surface area (Å²) in [5.41, 5.74) is 1.27. The lowest BCUT2D eigenvalue weighted by atomic mass is 10.2. The summed E-state index contributed by atoms with van der Waals surface area (Å²) in [6.07, 6.45) is 4.57. The van der Waals surface area contributed by atoms with E-state index >= 15 is 0 Å². The van der Waals surface area contributed by atoms with E-state index in [0.29, 0.717) is 5.75 Å². The molecule has 1 N–H and O–H groups in total. The molecule has 1 amide bonds. The first-order valence-corrected chi connectivity index (χ1v) is 5.65. The molecular formula is C10H14N2OS. The minimum atomic E-state index is 0.0877. The fraction of sp³-hybridized carbons (Fsp3) is 0.400. The van der Waals surface area contributed by atoms with Crippen LogP contribution >= 0.6 is 11.8 Å². The molecular weight excluding hydrogens is 196 g/mol. The van der Waals surface area contributed by atoms with E-state index in [1.54, 1.807) is 31.2 Å². The molecule has 76 valence electrons. The van der Waals surface area contributed by atoms with Gasteiger partial charge in [-0.25, -0.2) is 0 Å². The zero-order valence-electron chi connectivity index (χ0n) is 8.19. The van der Waals surface area contributed by atoms with Crippen LogP contribution in [0.1, 0.15) is 5.56 Å². The number of amides is 1. The van der Waals surface area contributed by atoms with Crippen molar-refractivity contribution in [3.05, 3.63) is 30.1 Å². The normalized spacial score (nSPS) is 9.79. The topological polar surface area (TPSA) is 42.0 Å². The van der Waals surface area contributed by atoms with E-state index in [9.17, 15) is 4.79 Å². The Balaban J connectivity index is 2.13. The summed E-state index contributed by atoms with van der Waals surface area (Å²) >= 11 is 1.65. The lowest BCUT2D eigenvalue weighted by Gasteiger charge is -2.00. The second kappa shape index (κ2) is 6.43. The molecule has 0 unspecified atom stereocenters. The average Bonchev–Trinajstić information content (AvgIpc) is 2.25. The molecule has 0 bridgehead atoms. The molecule has 0 aliphatic rings. The van der Waals surface area contributed by atoms with Crippen molar-refractivity contribution in [3.63, 3.8) is 0 Å². The van der Waals surface area contributed by atoms with E-state index in [-0.39, 0.29) is 5.91 Å². The van der Waals surface area contributed by atoms with Gasteiger partial charge in [-0.05, 0) is 29.9 Å². The van der Waals surface area contributed by atoms with Crippen molar-refractivity contribution in [1.82, 2.24) is 10.3 Å². The van der Waals surface area contributed by atoms with Crippen LogP contribution in [0, 0.1) is 0 Å². The minimum absolute atomic E-state index is 0.0877. The van der Waals surface area contributed by atoms with Crippen molar-refractivity contribution in [3.8, 4) is 0 Å². The van der Waals surface area contributed by atoms with Gasteiger partial charge >= 0.3 is 0 Å². The number of thioether (sulfide) groups is 1. The molecule has 1 aromatic rings. The van der Waals surface area contributed by atoms with Crippen molar-refractivity contribution >= 4 is 17.7 Å². The predicted octanol–water partition coefficient (Wildman–Crippen LogP) is 1.10. The van der Waals surface area contributed by atoms with Crippen LogP contribution in [0.15, 0.2) is 24.5 Å². The Morgan fingerprint density at radius 3 is 2.86 bits per heavy atom. The maximum absolute atomic E-state index is 10.9. The summed E-state index contributed by atoms with van der Waals surface area (Å²) < 4.78 is 0. The molecule has 1 aromatic heterocycles. The van der Waals surface area contributed by atoms with Gasteiger partial charge in [-0.2, -0.15) is 11.8 Å². The van der Waals surface area contributed by atoms with Crippen molar-refractivity contribution in [2.75, 3.05) is 18.6 Å². The SMILES string of the molecule is CNC(=O)CSCCc1ccncc1. The van der Waals surface area contributed by atoms with Crippen LogP contribution in [-0.4, -0.2) is 29.4 Å². The number of pyridine rings is 1. The predicted molar refractivity (Wildman–Crippen MR) is 59.3 cm³/mol. The quantitative estimate of drug-likeness (QED) is 0.740. The Labute approximate surface area is 88.3 Å². The summed E-state index contributed by atoms with van der Waals surface area (Å²) in [6.45, 7) is 0. The number of hydrogen-bond donors (Lipinski definition) is 1. The van der Waals surface area contributed by atoms with Crippen molar-refractivity contribution in [2.45, 2.75) is 6.42 Å². The highest BCUT2D eigenvalue weighted by Gasteiger charge is 1.97. The summed E-state index contributed by atoms with van der Waals surface area (Å²) in [7, 11) is 1.66. The van der Waals surface area contributed by atoms with E-state index < -0.39 is 0 Å². The fourth-order valence-corrected chi connectivity index (χ4v) is 1.83. The molecule has 1 heterocycles. The van der Waals surface area contributed by atoms with E-state index in [2.05, 4.69) is 10.3 Å². The summed E-state index contributed by atoms with van der Waals surface area (Å²) in [6, 6.07) is 4.00. The van der Waals surface area contributed by atoms with Crippen molar-refractivity contribution < 1.29 is 4.79 Å². The van der Waals surface area contributed by atoms with E-state index in [1.807, 2.05) is 12.1 Å². The molecule has 0 atom stereocenters. The van der Waals surface area contributed by atoms with Gasteiger partial charge in [0.15, 0.2) is 0 Å². The average molecular weight is 210 g/mol. The molecule has 1 rings (SSSR count). The number of nitrogens with zero attached hydrogens (tertiary/aromatic N) is 1. The fourth-order valence-electron chi connectivity index (χ4n) is 0.977. The van der Waals surface area contributed by atoms with Crippen LogP contribution < -0.4 is 5.32 Å². The summed E-state index contributed by atoms with van der Waals surface area (Å²) in [5.74, 6) is 1.60. The van der Waals surface area contributed by atoms with Gasteiger partial charge in [0.25, 0.3) is 0 Å². The molecule has 0 fully saturated rings. The summed E-state index contributed by atoms with van der Waals surface area (Å²) in [5, 5.41) is 2.59. The molecule has 3 nitrogen and oxygen atoms in total. The second-order valence-electron chi connectivity index (χ2n) is 2.83. The third kappa shape index (κ3) is 4.28. The first-order chi connectivity index (χ1) is 6.83. The molecule has 4 heteroatoms. The highest BCUT2D eigenvalue weighted by molar-refractivity contribution is 7.99. The van der Waals surface area contributed by atoms with Gasteiger partial charge in [0.05, 0.1) is 5.75 Å². The maximum Gasteiger partial charge on any atom is 0.229 e. The number of carbonyl (C=O) groups is 1. The first-order valence-electron chi connectivity index (χ1n) is 4.50. The van der Waals surface area contributed by atoms with Crippen molar-refractivity contribution in [1.29, 1.82) is 0 Å². The van der Waals surface area contributed by atoms with Gasteiger partial charge in [0.1, 0.15) is 0 Å². The second-order valence-corrected chi connectivity index (χ2v) is 3.94. The number of hydrogen-bond acceptors (Lipinski definition) is 3. The maximum atomic E-state index is 10.9. The van der Waals surface area contributed by atoms with Gasteiger partial charge in [0, 0.05) is 19.4 Å². The third-order valence-electron chi connectivity index (χ3n) is 1.80. The zero-order valence-corrected chi connectivity index (χ0v) is 9.01. The van der Waals surface area contributed by atoms with Gasteiger partial charge in [-0.1, -0.05) is 0 Å². The molecule has 0 aliphatic heterocycles. The van der Waals surface area contributed by atoms with Gasteiger partial charge < -0.3 is 5.32 Å². The number of aryl methyl sites for hydroxylation is 1. The van der Waals surface area contributed by atoms with E-state index in [1.165, 1.54) is 5.56 Å². The van der Waals surface area contributed by atoms with Gasteiger partial charge in [0.2, 0.25) is 5.91 Å². The minimum Gasteiger partial charge on any atom is -0.358 e. The zero-order chi connectivity index (χ0) is 10.2. The van der Waals surface area contributed by atoms with Crippen LogP contribution in [0.3, 0.4) is 0 Å². The van der Waals surface area contributed by atoms with Crippen molar-refractivity contribution in [2.24, 2.45) is 0 Å². The number of rotatable bonds is 5. The van der Waals surface area contributed by atoms with E-state index in [4.69, 9.17) is 0 Å². The molecule has 14 heavy (non-hydrogen) atoms. The molecule has 0 spiro atoms. The lowest BCUT2D eigenvalue weighted by Crippen LogP contribution is -2.20. The summed E-state index contributed by atoms with van der Waals surface area (Å²) in [4.78, 5) is 14.8. The first kappa shape index (κ1) is 11.0. The molecule has 0 aromatic carbocycles. The lowest BCUT2D eigenvalue weighted by molar-refractivity contribution is -0.118. The molecule has 0 aliphatic carbocycles. The van der Waals surface area contributed by atoms with Gasteiger partial charge in [-0.15, -0.1) is 0 Å². The Morgan fingerprint density at radius 1 is 1.50 bits per heavy atom. The van der Waals surface area contributed by atoms with Crippen LogP contribution in [0.5, 0.6) is 0 Å². The molecule has 0 radical (unpaired) electrons. The Bertz CT molecular complexity index is 277. The third-order valence-corrected chi connectivity index (χ3v) is 2.76.